The third-order valence-electron chi connectivity index (χ3n) is 4.66. The minimum Gasteiger partial charge on any atom is -0.388 e. The van der Waals surface area contributed by atoms with Crippen molar-refractivity contribution in [1.29, 1.82) is 0 Å². The van der Waals surface area contributed by atoms with Crippen molar-refractivity contribution >= 4 is 11.6 Å². The molecule has 0 bridgehead atoms. The van der Waals surface area contributed by atoms with E-state index < -0.39 is 24.6 Å². The van der Waals surface area contributed by atoms with Crippen LogP contribution in [0.5, 0.6) is 0 Å². The molecule has 2 unspecified atom stereocenters. The summed E-state index contributed by atoms with van der Waals surface area (Å²) in [5, 5.41) is 19.2. The van der Waals surface area contributed by atoms with Gasteiger partial charge in [0.25, 0.3) is 5.91 Å². The van der Waals surface area contributed by atoms with Crippen LogP contribution in [-0.2, 0) is 0 Å². The number of aromatic nitrogens is 2. The number of amides is 1. The Balaban J connectivity index is 1.68. The van der Waals surface area contributed by atoms with Crippen molar-refractivity contribution in [1.82, 2.24) is 15.1 Å². The summed E-state index contributed by atoms with van der Waals surface area (Å²) in [5.41, 5.74) is 1.43. The van der Waals surface area contributed by atoms with E-state index in [-0.39, 0.29) is 17.3 Å². The smallest absolute Gasteiger partial charge is 0.388 e. The fraction of sp³-hybridized carbons (Fsp3) is 0.444. The van der Waals surface area contributed by atoms with Gasteiger partial charge in [0.1, 0.15) is 0 Å². The van der Waals surface area contributed by atoms with Crippen LogP contribution in [0.3, 0.4) is 0 Å². The second-order valence-corrected chi connectivity index (χ2v) is 6.76. The molecule has 1 aromatic carbocycles. The number of benzene rings is 1. The van der Waals surface area contributed by atoms with Crippen molar-refractivity contribution in [2.24, 2.45) is 0 Å². The summed E-state index contributed by atoms with van der Waals surface area (Å²) in [6, 6.07) is 7.61. The zero-order valence-electron chi connectivity index (χ0n) is 14.8. The zero-order chi connectivity index (χ0) is 19.6. The number of anilines is 1. The molecule has 3 N–H and O–H groups in total. The first kappa shape index (κ1) is 19.4. The van der Waals surface area contributed by atoms with Gasteiger partial charge in [0.2, 0.25) is 0 Å². The molecule has 1 aliphatic rings. The normalized spacial score (nSPS) is 19.2. The first-order valence-corrected chi connectivity index (χ1v) is 8.64. The van der Waals surface area contributed by atoms with Crippen LogP contribution in [0, 0.1) is 0 Å². The molecule has 2 atom stereocenters. The van der Waals surface area contributed by atoms with Crippen LogP contribution >= 0.6 is 0 Å². The van der Waals surface area contributed by atoms with Crippen LogP contribution in [0.15, 0.2) is 30.3 Å². The monoisotopic (exact) mass is 382 g/mol. The number of nitrogens with zero attached hydrogens (tertiary/aromatic N) is 2. The summed E-state index contributed by atoms with van der Waals surface area (Å²) < 4.78 is 37.3. The number of likely N-dealkylation sites (tertiary alicyclic amines) is 1. The maximum Gasteiger partial charge on any atom is 0.391 e. The average molecular weight is 382 g/mol. The van der Waals surface area contributed by atoms with E-state index in [4.69, 9.17) is 0 Å². The highest BCUT2D eigenvalue weighted by atomic mass is 19.4. The van der Waals surface area contributed by atoms with Crippen LogP contribution in [0.2, 0.25) is 0 Å². The molecule has 2 heterocycles. The first-order valence-electron chi connectivity index (χ1n) is 8.64. The van der Waals surface area contributed by atoms with Gasteiger partial charge in [-0.2, -0.15) is 18.3 Å². The Labute approximate surface area is 154 Å². The number of aliphatic hydroxyl groups excluding tert-OH is 1. The molecule has 0 spiro atoms. The molecule has 0 saturated carbocycles. The third-order valence-corrected chi connectivity index (χ3v) is 4.66. The van der Waals surface area contributed by atoms with E-state index in [0.29, 0.717) is 5.69 Å². The van der Waals surface area contributed by atoms with Crippen molar-refractivity contribution in [2.75, 3.05) is 18.9 Å². The summed E-state index contributed by atoms with van der Waals surface area (Å²) in [6.45, 7) is 0.984. The Kier molecular flexibility index (Phi) is 5.52. The van der Waals surface area contributed by atoms with Gasteiger partial charge >= 0.3 is 6.18 Å². The molecule has 2 aromatic rings. The molecule has 1 amide bonds. The molecule has 0 aliphatic carbocycles. The molecular weight excluding hydrogens is 361 g/mol. The lowest BCUT2D eigenvalue weighted by Gasteiger charge is -2.16. The number of halogens is 3. The average Bonchev–Trinajstić information content (AvgIpc) is 3.22. The maximum absolute atomic E-state index is 12.4. The van der Waals surface area contributed by atoms with Gasteiger partial charge in [0.05, 0.1) is 24.3 Å². The third kappa shape index (κ3) is 4.86. The van der Waals surface area contributed by atoms with Crippen LogP contribution in [0.25, 0.3) is 0 Å². The van der Waals surface area contributed by atoms with E-state index in [2.05, 4.69) is 20.4 Å². The number of carbonyl (C=O) groups is 1. The Morgan fingerprint density at radius 3 is 2.89 bits per heavy atom. The lowest BCUT2D eigenvalue weighted by Crippen LogP contribution is -2.17. The molecule has 0 radical (unpaired) electrons. The van der Waals surface area contributed by atoms with Gasteiger partial charge in [-0.25, -0.2) is 0 Å². The second-order valence-electron chi connectivity index (χ2n) is 6.76. The van der Waals surface area contributed by atoms with E-state index in [1.54, 1.807) is 12.1 Å². The highest BCUT2D eigenvalue weighted by Gasteiger charge is 2.32. The predicted octanol–water partition coefficient (Wildman–Crippen LogP) is 3.41. The Bertz CT molecular complexity index is 806. The number of aliphatic hydroxyl groups is 1. The molecule has 3 rings (SSSR count). The second kappa shape index (κ2) is 7.69. The van der Waals surface area contributed by atoms with Crippen molar-refractivity contribution in [3.05, 3.63) is 47.3 Å². The van der Waals surface area contributed by atoms with Crippen molar-refractivity contribution in [3.63, 3.8) is 0 Å². The minimum atomic E-state index is -4.47. The number of hydrogen-bond acceptors (Lipinski definition) is 4. The standard InChI is InChI=1S/C18H21F3N4O2/c1-25-7-3-6-15(25)13-9-14(24-23-13)17(27)22-12-5-2-4-11(8-12)16(26)10-18(19,20)21/h2,4-5,8-9,15-16,26H,3,6-7,10H2,1H3,(H,22,27)(H,23,24). The van der Waals surface area contributed by atoms with Crippen LogP contribution in [-0.4, -0.2) is 45.9 Å². The molecule has 6 nitrogen and oxygen atoms in total. The van der Waals surface area contributed by atoms with Gasteiger partial charge in [-0.15, -0.1) is 0 Å². The van der Waals surface area contributed by atoms with Crippen LogP contribution in [0.4, 0.5) is 18.9 Å². The Morgan fingerprint density at radius 1 is 1.44 bits per heavy atom. The van der Waals surface area contributed by atoms with Gasteiger partial charge in [-0.1, -0.05) is 12.1 Å². The summed E-state index contributed by atoms with van der Waals surface area (Å²) in [5.74, 6) is -0.472. The first-order chi connectivity index (χ1) is 12.7. The molecule has 146 valence electrons. The van der Waals surface area contributed by atoms with Gasteiger partial charge in [-0.05, 0) is 50.2 Å². The highest BCUT2D eigenvalue weighted by molar-refractivity contribution is 6.02. The number of hydrogen-bond donors (Lipinski definition) is 3. The SMILES string of the molecule is CN1CCCC1c1cc(C(=O)Nc2cccc(C(O)CC(F)(F)F)c2)n[nH]1. The number of aromatic amines is 1. The highest BCUT2D eigenvalue weighted by Crippen LogP contribution is 2.31. The Morgan fingerprint density at radius 2 is 2.22 bits per heavy atom. The fourth-order valence-corrected chi connectivity index (χ4v) is 3.28. The maximum atomic E-state index is 12.4. The summed E-state index contributed by atoms with van der Waals surface area (Å²) in [4.78, 5) is 14.6. The molecular formula is C18H21F3N4O2. The van der Waals surface area contributed by atoms with E-state index in [9.17, 15) is 23.1 Å². The summed E-state index contributed by atoms with van der Waals surface area (Å²) in [6.07, 6.45) is -5.44. The van der Waals surface area contributed by atoms with Crippen LogP contribution in [0.1, 0.15) is 53.2 Å². The molecule has 1 aliphatic heterocycles. The van der Waals surface area contributed by atoms with Crippen molar-refractivity contribution in [3.8, 4) is 0 Å². The number of H-pyrrole nitrogens is 1. The number of alkyl halides is 3. The van der Waals surface area contributed by atoms with E-state index in [1.807, 2.05) is 7.05 Å². The molecule has 1 saturated heterocycles. The zero-order valence-corrected chi connectivity index (χ0v) is 14.8. The summed E-state index contributed by atoms with van der Waals surface area (Å²) >= 11 is 0. The van der Waals surface area contributed by atoms with Gasteiger partial charge in [0, 0.05) is 5.69 Å². The quantitative estimate of drug-likeness (QED) is 0.740. The lowest BCUT2D eigenvalue weighted by atomic mass is 10.1. The number of nitrogens with one attached hydrogen (secondary N) is 2. The molecule has 9 heteroatoms. The molecule has 1 fully saturated rings. The van der Waals surface area contributed by atoms with Crippen molar-refractivity contribution in [2.45, 2.75) is 37.6 Å². The largest absolute Gasteiger partial charge is 0.391 e. The van der Waals surface area contributed by atoms with E-state index >= 15 is 0 Å². The number of rotatable bonds is 5. The van der Waals surface area contributed by atoms with E-state index in [0.717, 1.165) is 25.1 Å². The van der Waals surface area contributed by atoms with Crippen molar-refractivity contribution < 1.29 is 23.1 Å². The van der Waals surface area contributed by atoms with Gasteiger partial charge in [-0.3, -0.25) is 14.8 Å². The van der Waals surface area contributed by atoms with E-state index in [1.165, 1.54) is 18.2 Å². The Hall–Kier alpha value is -2.39. The van der Waals surface area contributed by atoms with Gasteiger partial charge in [0.15, 0.2) is 5.69 Å². The van der Waals surface area contributed by atoms with Crippen LogP contribution < -0.4 is 5.32 Å². The summed E-state index contributed by atoms with van der Waals surface area (Å²) in [7, 11) is 2.01. The molecule has 1 aromatic heterocycles. The topological polar surface area (TPSA) is 81.2 Å². The fourth-order valence-electron chi connectivity index (χ4n) is 3.28. The number of carbonyl (C=O) groups excluding carboxylic acids is 1. The predicted molar refractivity (Wildman–Crippen MR) is 93.2 cm³/mol. The lowest BCUT2D eigenvalue weighted by molar-refractivity contribution is -0.154. The molecule has 27 heavy (non-hydrogen) atoms. The minimum absolute atomic E-state index is 0.0837. The van der Waals surface area contributed by atoms with Gasteiger partial charge < -0.3 is 10.4 Å².